The van der Waals surface area contributed by atoms with E-state index in [1.807, 2.05) is 0 Å². The van der Waals surface area contributed by atoms with Crippen molar-refractivity contribution < 1.29 is 26.3 Å². The molecule has 0 amide bonds. The summed E-state index contributed by atoms with van der Waals surface area (Å²) in [5.74, 6) is -1.94. The molecule has 0 radical (unpaired) electrons. The van der Waals surface area contributed by atoms with Crippen LogP contribution in [-0.2, 0) is 6.18 Å². The Morgan fingerprint density at radius 3 is 2.25 bits per heavy atom. The van der Waals surface area contributed by atoms with Crippen LogP contribution in [0.2, 0.25) is 0 Å². The van der Waals surface area contributed by atoms with Gasteiger partial charge in [-0.2, -0.15) is 18.4 Å². The summed E-state index contributed by atoms with van der Waals surface area (Å²) in [5.41, 5.74) is -4.61. The highest BCUT2D eigenvalue weighted by molar-refractivity contribution is 5.40. The molecule has 0 saturated heterocycles. The third-order valence-electron chi connectivity index (χ3n) is 1.67. The highest BCUT2D eigenvalue weighted by atomic mass is 19.4. The Hall–Kier alpha value is -1.78. The van der Waals surface area contributed by atoms with Gasteiger partial charge >= 0.3 is 6.18 Å². The summed E-state index contributed by atoms with van der Waals surface area (Å²) in [5, 5.41) is 8.31. The molecule has 0 saturated carbocycles. The summed E-state index contributed by atoms with van der Waals surface area (Å²) in [6.45, 7) is 0. The van der Waals surface area contributed by atoms with Gasteiger partial charge in [0.15, 0.2) is 5.82 Å². The topological polar surface area (TPSA) is 36.7 Å². The Morgan fingerprint density at radius 2 is 1.88 bits per heavy atom. The Balaban J connectivity index is 3.49. The number of pyridine rings is 1. The van der Waals surface area contributed by atoms with Crippen molar-refractivity contribution >= 4 is 0 Å². The van der Waals surface area contributed by atoms with E-state index < -0.39 is 35.2 Å². The summed E-state index contributed by atoms with van der Waals surface area (Å²) in [4.78, 5) is 2.66. The van der Waals surface area contributed by atoms with Crippen LogP contribution in [0.1, 0.15) is 23.2 Å². The molecule has 0 aliphatic carbocycles. The maximum Gasteiger partial charge on any atom is 0.419 e. The lowest BCUT2D eigenvalue weighted by molar-refractivity contribution is -0.138. The van der Waals surface area contributed by atoms with Gasteiger partial charge in [0.05, 0.1) is 5.56 Å². The molecule has 0 spiro atoms. The van der Waals surface area contributed by atoms with Gasteiger partial charge in [0.25, 0.3) is 6.43 Å². The number of nitrogens with zero attached hydrogens (tertiary/aromatic N) is 2. The van der Waals surface area contributed by atoms with E-state index in [4.69, 9.17) is 5.26 Å². The highest BCUT2D eigenvalue weighted by Crippen LogP contribution is 2.34. The molecule has 1 rings (SSSR count). The van der Waals surface area contributed by atoms with Gasteiger partial charge in [0.1, 0.15) is 17.3 Å². The Bertz CT molecular complexity index is 445. The lowest BCUT2D eigenvalue weighted by Gasteiger charge is -2.10. The van der Waals surface area contributed by atoms with Crippen molar-refractivity contribution in [3.05, 3.63) is 28.8 Å². The van der Waals surface area contributed by atoms with E-state index in [-0.39, 0.29) is 6.20 Å². The number of rotatable bonds is 1. The molecule has 0 bridgehead atoms. The fourth-order valence-corrected chi connectivity index (χ4v) is 0.978. The predicted octanol–water partition coefficient (Wildman–Crippen LogP) is 3.05. The van der Waals surface area contributed by atoms with Gasteiger partial charge in [-0.15, -0.1) is 0 Å². The first-order valence-electron chi connectivity index (χ1n) is 3.73. The lowest BCUT2D eigenvalue weighted by Crippen LogP contribution is -2.12. The smallest absolute Gasteiger partial charge is 0.251 e. The molecule has 0 atom stereocenters. The molecule has 16 heavy (non-hydrogen) atoms. The van der Waals surface area contributed by atoms with E-state index in [0.29, 0.717) is 0 Å². The second kappa shape index (κ2) is 4.00. The van der Waals surface area contributed by atoms with Crippen LogP contribution in [0.5, 0.6) is 0 Å². The number of halogens is 6. The van der Waals surface area contributed by atoms with Crippen LogP contribution < -0.4 is 0 Å². The molecule has 0 N–H and O–H groups in total. The molecule has 86 valence electrons. The minimum Gasteiger partial charge on any atom is -0.251 e. The lowest BCUT2D eigenvalue weighted by atomic mass is 10.1. The van der Waals surface area contributed by atoms with Crippen molar-refractivity contribution in [2.24, 2.45) is 0 Å². The van der Waals surface area contributed by atoms with Crippen LogP contribution in [0.4, 0.5) is 26.3 Å². The number of alkyl halides is 5. The van der Waals surface area contributed by atoms with E-state index in [0.717, 1.165) is 6.07 Å². The molecule has 8 heteroatoms. The zero-order valence-corrected chi connectivity index (χ0v) is 7.32. The third kappa shape index (κ3) is 2.08. The van der Waals surface area contributed by atoms with Crippen molar-refractivity contribution in [1.29, 1.82) is 5.26 Å². The maximum absolute atomic E-state index is 13.0. The fraction of sp³-hybridized carbons (Fsp3) is 0.250. The van der Waals surface area contributed by atoms with Crippen LogP contribution in [0.3, 0.4) is 0 Å². The first kappa shape index (κ1) is 12.3. The Kier molecular flexibility index (Phi) is 3.07. The van der Waals surface area contributed by atoms with Crippen LogP contribution in [-0.4, -0.2) is 4.98 Å². The average molecular weight is 240 g/mol. The monoisotopic (exact) mass is 240 g/mol. The largest absolute Gasteiger partial charge is 0.419 e. The first-order valence-corrected chi connectivity index (χ1v) is 3.73. The van der Waals surface area contributed by atoms with E-state index in [2.05, 4.69) is 4.98 Å². The first-order chi connectivity index (χ1) is 7.29. The van der Waals surface area contributed by atoms with Crippen molar-refractivity contribution in [2.75, 3.05) is 0 Å². The fourth-order valence-electron chi connectivity index (χ4n) is 0.978. The number of aromatic nitrogens is 1. The summed E-state index contributed by atoms with van der Waals surface area (Å²) in [6, 6.07) is 0.897. The second-order valence-corrected chi connectivity index (χ2v) is 2.66. The maximum atomic E-state index is 13.0. The van der Waals surface area contributed by atoms with Gasteiger partial charge in [0, 0.05) is 6.20 Å². The molecule has 0 aliphatic heterocycles. The van der Waals surface area contributed by atoms with Crippen molar-refractivity contribution in [3.63, 3.8) is 0 Å². The van der Waals surface area contributed by atoms with Gasteiger partial charge in [-0.05, 0) is 0 Å². The van der Waals surface area contributed by atoms with Crippen LogP contribution >= 0.6 is 0 Å². The van der Waals surface area contributed by atoms with Crippen LogP contribution in [0, 0.1) is 17.1 Å². The van der Waals surface area contributed by atoms with E-state index in [1.165, 1.54) is 0 Å². The summed E-state index contributed by atoms with van der Waals surface area (Å²) >= 11 is 0. The van der Waals surface area contributed by atoms with Crippen LogP contribution in [0.25, 0.3) is 0 Å². The Labute approximate surface area is 85.1 Å². The normalized spacial score (nSPS) is 11.6. The van der Waals surface area contributed by atoms with Gasteiger partial charge in [-0.1, -0.05) is 0 Å². The molecule has 0 unspecified atom stereocenters. The van der Waals surface area contributed by atoms with E-state index in [1.54, 1.807) is 0 Å². The van der Waals surface area contributed by atoms with E-state index in [9.17, 15) is 26.3 Å². The van der Waals surface area contributed by atoms with Crippen LogP contribution in [0.15, 0.2) is 6.20 Å². The predicted molar refractivity (Wildman–Crippen MR) is 38.9 cm³/mol. The SMILES string of the molecule is N#Cc1c(C(F)(F)F)cnc(C(F)F)c1F. The van der Waals surface area contributed by atoms with Crippen molar-refractivity contribution in [1.82, 2.24) is 4.98 Å². The second-order valence-electron chi connectivity index (χ2n) is 2.66. The highest BCUT2D eigenvalue weighted by Gasteiger charge is 2.37. The molecular weight excluding hydrogens is 238 g/mol. The molecule has 1 aromatic rings. The Morgan fingerprint density at radius 1 is 1.31 bits per heavy atom. The minimum atomic E-state index is -5.01. The minimum absolute atomic E-state index is 0.0170. The summed E-state index contributed by atoms with van der Waals surface area (Å²) in [6.07, 6.45) is -8.38. The van der Waals surface area contributed by atoms with Crippen molar-refractivity contribution in [2.45, 2.75) is 12.6 Å². The number of hydrogen-bond acceptors (Lipinski definition) is 2. The molecule has 0 aliphatic rings. The van der Waals surface area contributed by atoms with Gasteiger partial charge in [-0.3, -0.25) is 4.98 Å². The van der Waals surface area contributed by atoms with E-state index >= 15 is 0 Å². The average Bonchev–Trinajstić information content (AvgIpc) is 2.15. The molecule has 0 aromatic carbocycles. The molecule has 1 aromatic heterocycles. The molecular formula is C8H2F6N2. The van der Waals surface area contributed by atoms with Crippen molar-refractivity contribution in [3.8, 4) is 6.07 Å². The standard InChI is InChI=1S/C8H2F6N2/c9-5-3(1-15)4(8(12,13)14)2-16-6(5)7(10)11/h2,7H. The molecule has 0 fully saturated rings. The third-order valence-corrected chi connectivity index (χ3v) is 1.67. The zero-order chi connectivity index (χ0) is 12.5. The number of hydrogen-bond donors (Lipinski definition) is 0. The quantitative estimate of drug-likeness (QED) is 0.707. The number of nitriles is 1. The summed E-state index contributed by atoms with van der Waals surface area (Å²) in [7, 11) is 0. The molecule has 1 heterocycles. The zero-order valence-electron chi connectivity index (χ0n) is 7.32. The summed E-state index contributed by atoms with van der Waals surface area (Å²) < 4.78 is 73.8. The van der Waals surface area contributed by atoms with Gasteiger partial charge < -0.3 is 0 Å². The molecule has 2 nitrogen and oxygen atoms in total. The van der Waals surface area contributed by atoms with Gasteiger partial charge in [-0.25, -0.2) is 13.2 Å². The van der Waals surface area contributed by atoms with Gasteiger partial charge in [0.2, 0.25) is 0 Å².